The van der Waals surface area contributed by atoms with Crippen molar-refractivity contribution in [2.45, 2.75) is 13.1 Å². The predicted molar refractivity (Wildman–Crippen MR) is 71.2 cm³/mol. The van der Waals surface area contributed by atoms with Crippen molar-refractivity contribution in [2.75, 3.05) is 5.32 Å². The Balaban J connectivity index is 2.21. The third-order valence-electron chi connectivity index (χ3n) is 2.68. The molecule has 0 aliphatic heterocycles. The first-order valence-electron chi connectivity index (χ1n) is 5.75. The van der Waals surface area contributed by atoms with Crippen LogP contribution < -0.4 is 5.32 Å². The summed E-state index contributed by atoms with van der Waals surface area (Å²) in [5.74, 6) is -0.665. The van der Waals surface area contributed by atoms with Gasteiger partial charge in [-0.25, -0.2) is 4.98 Å². The van der Waals surface area contributed by atoms with Gasteiger partial charge in [-0.2, -0.15) is 13.2 Å². The second-order valence-electron chi connectivity index (χ2n) is 4.18. The van der Waals surface area contributed by atoms with Gasteiger partial charge in [0.05, 0.1) is 11.3 Å². The van der Waals surface area contributed by atoms with Gasteiger partial charge >= 0.3 is 6.18 Å². The number of anilines is 1. The lowest BCUT2D eigenvalue weighted by molar-refractivity contribution is -0.137. The Morgan fingerprint density at radius 3 is 2.48 bits per heavy atom. The highest BCUT2D eigenvalue weighted by molar-refractivity contribution is 6.32. The molecule has 0 unspecified atom stereocenters. The summed E-state index contributed by atoms with van der Waals surface area (Å²) in [5, 5.41) is 2.57. The van der Waals surface area contributed by atoms with Crippen LogP contribution in [0.3, 0.4) is 0 Å². The van der Waals surface area contributed by atoms with Gasteiger partial charge < -0.3 is 5.32 Å². The molecule has 8 heteroatoms. The van der Waals surface area contributed by atoms with E-state index >= 15 is 0 Å². The first-order chi connectivity index (χ1) is 9.79. The number of rotatable bonds is 2. The average Bonchev–Trinajstić information content (AvgIpc) is 2.42. The second-order valence-corrected chi connectivity index (χ2v) is 4.54. The normalized spacial score (nSPS) is 11.3. The van der Waals surface area contributed by atoms with Crippen molar-refractivity contribution in [2.24, 2.45) is 0 Å². The summed E-state index contributed by atoms with van der Waals surface area (Å²) in [7, 11) is 0. The first kappa shape index (κ1) is 15.2. The van der Waals surface area contributed by atoms with Gasteiger partial charge in [0.25, 0.3) is 5.91 Å². The van der Waals surface area contributed by atoms with Crippen molar-refractivity contribution in [1.29, 1.82) is 0 Å². The van der Waals surface area contributed by atoms with Crippen LogP contribution in [-0.2, 0) is 6.18 Å². The Kier molecular flexibility index (Phi) is 4.13. The number of nitrogens with zero attached hydrogens (tertiary/aromatic N) is 2. The SMILES string of the molecule is Cc1ccnc(Cl)c1NC(=O)c1ccc(C(F)(F)F)cn1. The molecule has 0 aliphatic rings. The molecule has 2 rings (SSSR count). The van der Waals surface area contributed by atoms with Gasteiger partial charge in [0.15, 0.2) is 5.15 Å². The summed E-state index contributed by atoms with van der Waals surface area (Å²) < 4.78 is 37.2. The standard InChI is InChI=1S/C13H9ClF3N3O/c1-7-4-5-18-11(14)10(7)20-12(21)9-3-2-8(6-19-9)13(15,16)17/h2-6H,1H3,(H,20,21). The maximum Gasteiger partial charge on any atom is 0.417 e. The number of pyridine rings is 2. The van der Waals surface area contributed by atoms with Crippen molar-refractivity contribution < 1.29 is 18.0 Å². The Bertz CT molecular complexity index is 651. The van der Waals surface area contributed by atoms with E-state index < -0.39 is 17.6 Å². The smallest absolute Gasteiger partial charge is 0.318 e. The number of hydrogen-bond donors (Lipinski definition) is 1. The fraction of sp³-hybridized carbons (Fsp3) is 0.154. The highest BCUT2D eigenvalue weighted by Crippen LogP contribution is 2.28. The lowest BCUT2D eigenvalue weighted by atomic mass is 10.2. The lowest BCUT2D eigenvalue weighted by Crippen LogP contribution is -2.16. The van der Waals surface area contributed by atoms with E-state index in [0.717, 1.165) is 12.1 Å². The van der Waals surface area contributed by atoms with E-state index in [1.54, 1.807) is 13.0 Å². The molecule has 2 aromatic rings. The van der Waals surface area contributed by atoms with E-state index in [4.69, 9.17) is 11.6 Å². The van der Waals surface area contributed by atoms with E-state index in [-0.39, 0.29) is 10.8 Å². The molecule has 110 valence electrons. The molecule has 0 radical (unpaired) electrons. The number of nitrogens with one attached hydrogen (secondary N) is 1. The highest BCUT2D eigenvalue weighted by atomic mass is 35.5. The second kappa shape index (κ2) is 5.69. The van der Waals surface area contributed by atoms with E-state index in [1.165, 1.54) is 6.20 Å². The van der Waals surface area contributed by atoms with Crippen LogP contribution in [0.1, 0.15) is 21.6 Å². The number of alkyl halides is 3. The molecular formula is C13H9ClF3N3O. The van der Waals surface area contributed by atoms with E-state index in [9.17, 15) is 18.0 Å². The quantitative estimate of drug-likeness (QED) is 0.860. The number of halogens is 4. The molecule has 0 saturated heterocycles. The fourth-order valence-electron chi connectivity index (χ4n) is 1.55. The minimum absolute atomic E-state index is 0.0928. The third-order valence-corrected chi connectivity index (χ3v) is 2.96. The van der Waals surface area contributed by atoms with E-state index in [0.29, 0.717) is 17.4 Å². The van der Waals surface area contributed by atoms with Gasteiger partial charge in [0.1, 0.15) is 5.69 Å². The Morgan fingerprint density at radius 1 is 1.24 bits per heavy atom. The number of aryl methyl sites for hydroxylation is 1. The first-order valence-corrected chi connectivity index (χ1v) is 6.12. The van der Waals surface area contributed by atoms with Crippen LogP contribution in [0.25, 0.3) is 0 Å². The number of aromatic nitrogens is 2. The van der Waals surface area contributed by atoms with Gasteiger partial charge in [0.2, 0.25) is 0 Å². The topological polar surface area (TPSA) is 54.9 Å². The Labute approximate surface area is 123 Å². The molecular weight excluding hydrogens is 307 g/mol. The van der Waals surface area contributed by atoms with Crippen LogP contribution >= 0.6 is 11.6 Å². The Morgan fingerprint density at radius 2 is 1.95 bits per heavy atom. The van der Waals surface area contributed by atoms with Gasteiger partial charge in [-0.3, -0.25) is 9.78 Å². The van der Waals surface area contributed by atoms with E-state index in [2.05, 4.69) is 15.3 Å². The summed E-state index contributed by atoms with van der Waals surface area (Å²) in [4.78, 5) is 19.3. The zero-order chi connectivity index (χ0) is 15.6. The van der Waals surface area contributed by atoms with Gasteiger partial charge in [-0.1, -0.05) is 11.6 Å². The van der Waals surface area contributed by atoms with Gasteiger partial charge in [0, 0.05) is 12.4 Å². The molecule has 1 N–H and O–H groups in total. The molecule has 21 heavy (non-hydrogen) atoms. The van der Waals surface area contributed by atoms with Crippen LogP contribution in [0, 0.1) is 6.92 Å². The number of carbonyl (C=O) groups is 1. The van der Waals surface area contributed by atoms with Crippen LogP contribution in [0.2, 0.25) is 5.15 Å². The summed E-state index contributed by atoms with van der Waals surface area (Å²) >= 11 is 5.85. The predicted octanol–water partition coefficient (Wildman–Crippen LogP) is 3.71. The van der Waals surface area contributed by atoms with Gasteiger partial charge in [-0.15, -0.1) is 0 Å². The van der Waals surface area contributed by atoms with Crippen molar-refractivity contribution in [3.8, 4) is 0 Å². The summed E-state index contributed by atoms with van der Waals surface area (Å²) in [6, 6.07) is 3.43. The van der Waals surface area contributed by atoms with Crippen molar-refractivity contribution >= 4 is 23.2 Å². The summed E-state index contributed by atoms with van der Waals surface area (Å²) in [5.41, 5.74) is -0.0990. The van der Waals surface area contributed by atoms with Crippen LogP contribution in [0.4, 0.5) is 18.9 Å². The van der Waals surface area contributed by atoms with Gasteiger partial charge in [-0.05, 0) is 30.7 Å². The maximum atomic E-state index is 12.4. The molecule has 0 fully saturated rings. The zero-order valence-corrected chi connectivity index (χ0v) is 11.5. The van der Waals surface area contributed by atoms with Crippen LogP contribution in [0.15, 0.2) is 30.6 Å². The molecule has 2 heterocycles. The monoisotopic (exact) mass is 315 g/mol. The number of carbonyl (C=O) groups excluding carboxylic acids is 1. The van der Waals surface area contributed by atoms with Crippen molar-refractivity contribution in [3.05, 3.63) is 52.6 Å². The Hall–Kier alpha value is -2.15. The average molecular weight is 316 g/mol. The minimum atomic E-state index is -4.49. The third kappa shape index (κ3) is 3.49. The number of amides is 1. The molecule has 0 aliphatic carbocycles. The fourth-order valence-corrected chi connectivity index (χ4v) is 1.80. The molecule has 0 saturated carbocycles. The molecule has 4 nitrogen and oxygen atoms in total. The lowest BCUT2D eigenvalue weighted by Gasteiger charge is -2.10. The van der Waals surface area contributed by atoms with E-state index in [1.807, 2.05) is 0 Å². The molecule has 0 spiro atoms. The molecule has 1 amide bonds. The summed E-state index contributed by atoms with van der Waals surface area (Å²) in [6.07, 6.45) is -2.42. The van der Waals surface area contributed by atoms with Crippen molar-refractivity contribution in [3.63, 3.8) is 0 Å². The van der Waals surface area contributed by atoms with Crippen LogP contribution in [0.5, 0.6) is 0 Å². The zero-order valence-electron chi connectivity index (χ0n) is 10.7. The molecule has 0 atom stereocenters. The molecule has 0 aromatic carbocycles. The summed E-state index contributed by atoms with van der Waals surface area (Å²) in [6.45, 7) is 1.71. The van der Waals surface area contributed by atoms with Crippen molar-refractivity contribution in [1.82, 2.24) is 9.97 Å². The van der Waals surface area contributed by atoms with Crippen LogP contribution in [-0.4, -0.2) is 15.9 Å². The minimum Gasteiger partial charge on any atom is -0.318 e. The molecule has 2 aromatic heterocycles. The maximum absolute atomic E-state index is 12.4. The number of hydrogen-bond acceptors (Lipinski definition) is 3. The largest absolute Gasteiger partial charge is 0.417 e. The highest BCUT2D eigenvalue weighted by Gasteiger charge is 2.31. The molecule has 0 bridgehead atoms.